The summed E-state index contributed by atoms with van der Waals surface area (Å²) in [5.41, 5.74) is 2.56. The Morgan fingerprint density at radius 2 is 2.30 bits per heavy atom. The fraction of sp³-hybridized carbons (Fsp3) is 0.625. The van der Waals surface area contributed by atoms with Crippen LogP contribution in [-0.4, -0.2) is 13.3 Å². The minimum atomic E-state index is 1.14. The molecular weight excluding hydrogens is 124 g/mol. The molecule has 56 valence electrons. The van der Waals surface area contributed by atoms with E-state index in [1.165, 1.54) is 24.2 Å². The highest BCUT2D eigenvalue weighted by atomic mass is 14.9. The predicted molar refractivity (Wildman–Crippen MR) is 44.1 cm³/mol. The van der Waals surface area contributed by atoms with Crippen LogP contribution in [0.1, 0.15) is 26.2 Å². The summed E-state index contributed by atoms with van der Waals surface area (Å²) in [4.78, 5) is 4.27. The largest absolute Gasteiger partial charge is 0.390 e. The van der Waals surface area contributed by atoms with Crippen molar-refractivity contribution in [3.05, 3.63) is 11.4 Å². The van der Waals surface area contributed by atoms with Crippen LogP contribution in [0.25, 0.3) is 0 Å². The fourth-order valence-electron chi connectivity index (χ4n) is 1.30. The predicted octanol–water partition coefficient (Wildman–Crippen LogP) is 1.69. The highest BCUT2D eigenvalue weighted by Crippen LogP contribution is 2.23. The summed E-state index contributed by atoms with van der Waals surface area (Å²) in [6.07, 6.45) is 5.42. The second kappa shape index (κ2) is 3.40. The molecule has 1 rings (SSSR count). The van der Waals surface area contributed by atoms with Gasteiger partial charge in [-0.3, -0.25) is 4.99 Å². The summed E-state index contributed by atoms with van der Waals surface area (Å²) in [5, 5.41) is 3.16. The average Bonchev–Trinajstić information content (AvgIpc) is 2.36. The first-order valence-electron chi connectivity index (χ1n) is 3.77. The molecule has 0 aromatic heterocycles. The van der Waals surface area contributed by atoms with Gasteiger partial charge in [0.15, 0.2) is 0 Å². The van der Waals surface area contributed by atoms with Crippen molar-refractivity contribution < 1.29 is 0 Å². The zero-order valence-electron chi connectivity index (χ0n) is 6.65. The molecule has 1 N–H and O–H groups in total. The summed E-state index contributed by atoms with van der Waals surface area (Å²) in [5.74, 6) is 0. The van der Waals surface area contributed by atoms with Crippen molar-refractivity contribution in [2.45, 2.75) is 26.2 Å². The number of hydrogen-bond donors (Lipinski definition) is 1. The van der Waals surface area contributed by atoms with Crippen LogP contribution in [-0.2, 0) is 0 Å². The smallest absolute Gasteiger partial charge is 0.0588 e. The molecule has 0 amide bonds. The number of aliphatic imine (C=N–C) groups is 1. The van der Waals surface area contributed by atoms with Crippen LogP contribution in [0.5, 0.6) is 0 Å². The van der Waals surface area contributed by atoms with Gasteiger partial charge in [0.2, 0.25) is 0 Å². The van der Waals surface area contributed by atoms with Crippen molar-refractivity contribution in [3.63, 3.8) is 0 Å². The lowest BCUT2D eigenvalue weighted by molar-refractivity contribution is 0.846. The van der Waals surface area contributed by atoms with Crippen molar-refractivity contribution >= 4 is 6.21 Å². The molecule has 0 saturated heterocycles. The first-order chi connectivity index (χ1) is 4.88. The molecule has 0 atom stereocenters. The van der Waals surface area contributed by atoms with Crippen LogP contribution < -0.4 is 5.32 Å². The van der Waals surface area contributed by atoms with E-state index in [9.17, 15) is 0 Å². The molecule has 0 radical (unpaired) electrons. The van der Waals surface area contributed by atoms with Crippen LogP contribution in [0.4, 0.5) is 0 Å². The van der Waals surface area contributed by atoms with Gasteiger partial charge in [0.1, 0.15) is 0 Å². The highest BCUT2D eigenvalue weighted by molar-refractivity contribution is 5.55. The second-order valence-corrected chi connectivity index (χ2v) is 2.42. The molecule has 0 aromatic rings. The van der Waals surface area contributed by atoms with Gasteiger partial charge in [-0.2, -0.15) is 0 Å². The lowest BCUT2D eigenvalue weighted by atomic mass is 10.3. The highest BCUT2D eigenvalue weighted by Gasteiger charge is 2.10. The van der Waals surface area contributed by atoms with Gasteiger partial charge in [-0.25, -0.2) is 0 Å². The number of nitrogens with one attached hydrogen (secondary N) is 1. The summed E-state index contributed by atoms with van der Waals surface area (Å²) in [6.45, 7) is 1.96. The molecule has 0 aromatic carbocycles. The van der Waals surface area contributed by atoms with E-state index < -0.39 is 0 Å². The van der Waals surface area contributed by atoms with E-state index in [-0.39, 0.29) is 0 Å². The molecule has 0 aliphatic heterocycles. The average molecular weight is 138 g/mol. The quantitative estimate of drug-likeness (QED) is 0.577. The van der Waals surface area contributed by atoms with Crippen molar-refractivity contribution in [2.75, 3.05) is 7.05 Å². The van der Waals surface area contributed by atoms with Gasteiger partial charge in [0.25, 0.3) is 0 Å². The normalized spacial score (nSPS) is 19.0. The molecule has 0 saturated carbocycles. The minimum Gasteiger partial charge on any atom is -0.390 e. The first-order valence-corrected chi connectivity index (χ1v) is 3.77. The third kappa shape index (κ3) is 1.38. The Bertz CT molecular complexity index is 168. The zero-order chi connectivity index (χ0) is 7.40. The van der Waals surface area contributed by atoms with Crippen LogP contribution >= 0.6 is 0 Å². The molecular formula is C8H14N2. The Hall–Kier alpha value is -0.790. The summed E-state index contributed by atoms with van der Waals surface area (Å²) in [7, 11) is 1.96. The molecule has 10 heavy (non-hydrogen) atoms. The Morgan fingerprint density at radius 1 is 1.50 bits per heavy atom. The lowest BCUT2D eigenvalue weighted by Gasteiger charge is -1.99. The summed E-state index contributed by atoms with van der Waals surface area (Å²) < 4.78 is 0. The third-order valence-corrected chi connectivity index (χ3v) is 1.78. The Kier molecular flexibility index (Phi) is 2.49. The summed E-state index contributed by atoms with van der Waals surface area (Å²) in [6, 6.07) is 0. The Balaban J connectivity index is 2.68. The lowest BCUT2D eigenvalue weighted by Crippen LogP contribution is -2.04. The standard InChI is InChI=1S/C8H14N2/c1-3-10-8-6-4-5-7(8)9-2/h3,9H,4-6H2,1-2H3/b10-3-. The van der Waals surface area contributed by atoms with Gasteiger partial charge in [-0.1, -0.05) is 0 Å². The van der Waals surface area contributed by atoms with Gasteiger partial charge in [-0.15, -0.1) is 0 Å². The van der Waals surface area contributed by atoms with E-state index in [1.807, 2.05) is 20.2 Å². The molecule has 1 aliphatic carbocycles. The van der Waals surface area contributed by atoms with Gasteiger partial charge in [0, 0.05) is 19.0 Å². The van der Waals surface area contributed by atoms with Gasteiger partial charge in [0.05, 0.1) is 5.70 Å². The molecule has 0 heterocycles. The van der Waals surface area contributed by atoms with Gasteiger partial charge < -0.3 is 5.32 Å². The van der Waals surface area contributed by atoms with Gasteiger partial charge >= 0.3 is 0 Å². The van der Waals surface area contributed by atoms with E-state index in [0.29, 0.717) is 0 Å². The number of nitrogens with zero attached hydrogens (tertiary/aromatic N) is 1. The van der Waals surface area contributed by atoms with E-state index >= 15 is 0 Å². The van der Waals surface area contributed by atoms with E-state index in [4.69, 9.17) is 0 Å². The van der Waals surface area contributed by atoms with Crippen molar-refractivity contribution in [2.24, 2.45) is 4.99 Å². The van der Waals surface area contributed by atoms with Crippen LogP contribution in [0.15, 0.2) is 16.4 Å². The Labute approximate surface area is 62.0 Å². The maximum atomic E-state index is 4.27. The zero-order valence-corrected chi connectivity index (χ0v) is 6.65. The maximum Gasteiger partial charge on any atom is 0.0588 e. The fourth-order valence-corrected chi connectivity index (χ4v) is 1.30. The maximum absolute atomic E-state index is 4.27. The summed E-state index contributed by atoms with van der Waals surface area (Å²) >= 11 is 0. The molecule has 0 unspecified atom stereocenters. The first kappa shape index (κ1) is 7.32. The molecule has 1 aliphatic rings. The molecule has 0 fully saturated rings. The van der Waals surface area contributed by atoms with E-state index in [1.54, 1.807) is 0 Å². The number of hydrogen-bond acceptors (Lipinski definition) is 2. The van der Waals surface area contributed by atoms with E-state index in [0.717, 1.165) is 6.42 Å². The van der Waals surface area contributed by atoms with E-state index in [2.05, 4.69) is 10.3 Å². The monoisotopic (exact) mass is 138 g/mol. The van der Waals surface area contributed by atoms with Crippen molar-refractivity contribution in [1.29, 1.82) is 0 Å². The molecule has 2 nitrogen and oxygen atoms in total. The molecule has 0 bridgehead atoms. The molecule has 2 heteroatoms. The van der Waals surface area contributed by atoms with Crippen LogP contribution in [0.2, 0.25) is 0 Å². The number of rotatable bonds is 2. The topological polar surface area (TPSA) is 24.4 Å². The van der Waals surface area contributed by atoms with Crippen molar-refractivity contribution in [3.8, 4) is 0 Å². The van der Waals surface area contributed by atoms with Crippen LogP contribution in [0.3, 0.4) is 0 Å². The molecule has 0 spiro atoms. The number of allylic oxidation sites excluding steroid dienone is 2. The second-order valence-electron chi connectivity index (χ2n) is 2.42. The van der Waals surface area contributed by atoms with Gasteiger partial charge in [-0.05, 0) is 26.2 Å². The van der Waals surface area contributed by atoms with Crippen LogP contribution in [0, 0.1) is 0 Å². The Morgan fingerprint density at radius 3 is 2.90 bits per heavy atom. The minimum absolute atomic E-state index is 1.14. The van der Waals surface area contributed by atoms with Crippen molar-refractivity contribution in [1.82, 2.24) is 5.32 Å². The third-order valence-electron chi connectivity index (χ3n) is 1.78. The SMILES string of the molecule is C/C=N\C1=C(NC)CCC1.